The predicted octanol–water partition coefficient (Wildman–Crippen LogP) is 6.11. The van der Waals surface area contributed by atoms with Crippen LogP contribution >= 0.6 is 12.2 Å². The SMILES string of the molecule is CC(=S)CC1CC(O)C2(C)OC3CC4OC5CC6(C)OC7(C)CCC8OC9CC%10(C)OC%11C(C)=CC(=O)OC%11CC%10OC9CC(C)C8OC7CC6OC5(C)CC=CC4OC3CC2O1. The first-order chi connectivity index (χ1) is 29.8. The summed E-state index contributed by atoms with van der Waals surface area (Å²) in [6.07, 6.45) is 10.2. The molecule has 0 radical (unpaired) electrons. The number of carbonyl (C=O) groups excluding carboxylic acids is 1. The van der Waals surface area contributed by atoms with E-state index in [1.165, 1.54) is 0 Å². The molecule has 11 aliphatic heterocycles. The second kappa shape index (κ2) is 15.6. The van der Waals surface area contributed by atoms with Crippen molar-refractivity contribution in [1.82, 2.24) is 0 Å². The first-order valence-electron chi connectivity index (χ1n) is 24.2. The maximum atomic E-state index is 12.3. The Kier molecular flexibility index (Phi) is 10.9. The van der Waals surface area contributed by atoms with Crippen LogP contribution in [0.25, 0.3) is 0 Å². The van der Waals surface area contributed by atoms with Crippen molar-refractivity contribution in [2.24, 2.45) is 5.92 Å². The summed E-state index contributed by atoms with van der Waals surface area (Å²) in [5.41, 5.74) is -2.27. The zero-order valence-corrected chi connectivity index (χ0v) is 39.2. The van der Waals surface area contributed by atoms with Gasteiger partial charge in [-0.05, 0) is 90.5 Å². The number of hydrogen-bond donors (Lipinski definition) is 1. The number of carbonyl (C=O) groups is 1. The van der Waals surface area contributed by atoms with E-state index in [0.717, 1.165) is 29.7 Å². The Morgan fingerprint density at radius 2 is 1.48 bits per heavy atom. The fourth-order valence-electron chi connectivity index (χ4n) is 14.0. The number of hydrogen-bond acceptors (Lipinski definition) is 14. The lowest BCUT2D eigenvalue weighted by atomic mass is 9.72. The number of aliphatic hydroxyl groups excluding tert-OH is 1. The molecule has 0 aromatic carbocycles. The molecule has 0 aromatic heterocycles. The normalized spacial score (nSPS) is 57.2. The molecule has 0 saturated carbocycles. The summed E-state index contributed by atoms with van der Waals surface area (Å²) >= 11 is 5.39. The third-order valence-electron chi connectivity index (χ3n) is 17.6. The average Bonchev–Trinajstić information content (AvgIpc) is 3.40. The van der Waals surface area contributed by atoms with Gasteiger partial charge in [-0.3, -0.25) is 0 Å². The van der Waals surface area contributed by atoms with Crippen molar-refractivity contribution in [2.75, 3.05) is 0 Å². The highest BCUT2D eigenvalue weighted by atomic mass is 32.1. The van der Waals surface area contributed by atoms with Crippen molar-refractivity contribution >= 4 is 23.1 Å². The second-order valence-corrected chi connectivity index (χ2v) is 23.3. The summed E-state index contributed by atoms with van der Waals surface area (Å²) in [5.74, 6) is -0.130. The molecule has 0 aliphatic carbocycles. The van der Waals surface area contributed by atoms with Crippen LogP contribution in [-0.2, 0) is 56.9 Å². The molecule has 9 fully saturated rings. The molecule has 11 aliphatic rings. The molecule has 1 N–H and O–H groups in total. The lowest BCUT2D eigenvalue weighted by Crippen LogP contribution is -2.70. The summed E-state index contributed by atoms with van der Waals surface area (Å²) in [7, 11) is 0. The van der Waals surface area contributed by atoms with Crippen molar-refractivity contribution < 1.29 is 62.0 Å². The minimum absolute atomic E-state index is 0.108. The van der Waals surface area contributed by atoms with Gasteiger partial charge in [0.1, 0.15) is 23.9 Å². The summed E-state index contributed by atoms with van der Waals surface area (Å²) in [6, 6.07) is 0. The predicted molar refractivity (Wildman–Crippen MR) is 231 cm³/mol. The highest BCUT2D eigenvalue weighted by Crippen LogP contribution is 2.55. The summed E-state index contributed by atoms with van der Waals surface area (Å²) < 4.78 is 75.8. The van der Waals surface area contributed by atoms with Gasteiger partial charge >= 0.3 is 5.97 Å². The Morgan fingerprint density at radius 3 is 2.29 bits per heavy atom. The topological polar surface area (TPSA) is 139 Å². The standard InChI is InChI=1S/C49H70O13S/c1-24-14-30-35(22-47(6)37(55-30)20-34-44(61-47)25(2)15-42(51)57-34)54-29-11-13-46(5)38(58-43(24)29)21-39-48(7,62-46)23-41-45(4,60-39)12-9-10-28-31(56-41)18-33-32(53-28)19-40-49(8,59-33)36(50)17-27(52-40)16-26(3)63/h9-10,15,24,27-41,43-44,50H,11-14,16-23H2,1-8H3. The van der Waals surface area contributed by atoms with Crippen molar-refractivity contribution in [3.63, 3.8) is 0 Å². The Balaban J connectivity index is 0.780. The largest absolute Gasteiger partial charge is 0.456 e. The Hall–Kier alpha value is -1.40. The lowest BCUT2D eigenvalue weighted by Gasteiger charge is -2.60. The van der Waals surface area contributed by atoms with Crippen molar-refractivity contribution in [1.29, 1.82) is 0 Å². The van der Waals surface area contributed by atoms with Gasteiger partial charge in [-0.15, -0.1) is 0 Å². The smallest absolute Gasteiger partial charge is 0.331 e. The van der Waals surface area contributed by atoms with E-state index in [1.807, 2.05) is 20.8 Å². The zero-order chi connectivity index (χ0) is 44.0. The molecule has 63 heavy (non-hydrogen) atoms. The van der Waals surface area contributed by atoms with Crippen molar-refractivity contribution in [2.45, 2.75) is 264 Å². The number of thiocarbonyl (C=S) groups is 1. The average molecular weight is 899 g/mol. The molecule has 11 rings (SSSR count). The van der Waals surface area contributed by atoms with Gasteiger partial charge in [-0.1, -0.05) is 31.3 Å². The van der Waals surface area contributed by atoms with E-state index in [9.17, 15) is 9.90 Å². The van der Waals surface area contributed by atoms with E-state index < -0.39 is 34.1 Å². The molecule has 0 amide bonds. The Bertz CT molecular complexity index is 1900. The molecule has 0 aromatic rings. The Morgan fingerprint density at radius 1 is 0.714 bits per heavy atom. The molecule has 0 spiro atoms. The molecule has 9 saturated heterocycles. The van der Waals surface area contributed by atoms with Crippen LogP contribution in [0.2, 0.25) is 0 Å². The van der Waals surface area contributed by atoms with Crippen LogP contribution in [0.15, 0.2) is 23.8 Å². The molecular formula is C49H70O13S. The van der Waals surface area contributed by atoms with E-state index in [4.69, 9.17) is 64.3 Å². The van der Waals surface area contributed by atoms with E-state index in [-0.39, 0.29) is 110 Å². The molecule has 23 atom stereocenters. The summed E-state index contributed by atoms with van der Waals surface area (Å²) in [6.45, 7) is 16.9. The van der Waals surface area contributed by atoms with Crippen LogP contribution in [0.1, 0.15) is 132 Å². The molecule has 11 heterocycles. The van der Waals surface area contributed by atoms with Gasteiger partial charge in [0.2, 0.25) is 0 Å². The van der Waals surface area contributed by atoms with Crippen LogP contribution in [0, 0.1) is 5.92 Å². The van der Waals surface area contributed by atoms with Gasteiger partial charge in [0.25, 0.3) is 0 Å². The van der Waals surface area contributed by atoms with E-state index in [2.05, 4.69) is 46.8 Å². The first kappa shape index (κ1) is 44.1. The van der Waals surface area contributed by atoms with E-state index in [0.29, 0.717) is 57.8 Å². The van der Waals surface area contributed by atoms with Gasteiger partial charge < -0.3 is 57.2 Å². The van der Waals surface area contributed by atoms with E-state index >= 15 is 0 Å². The molecule has 14 heteroatoms. The third kappa shape index (κ3) is 7.50. The van der Waals surface area contributed by atoms with Gasteiger partial charge in [-0.2, -0.15) is 0 Å². The quantitative estimate of drug-likeness (QED) is 0.194. The maximum Gasteiger partial charge on any atom is 0.331 e. The molecular weight excluding hydrogens is 829 g/mol. The van der Waals surface area contributed by atoms with Gasteiger partial charge in [0.15, 0.2) is 0 Å². The maximum absolute atomic E-state index is 12.3. The fraction of sp³-hybridized carbons (Fsp3) is 0.878. The summed E-state index contributed by atoms with van der Waals surface area (Å²) in [4.78, 5) is 13.1. The van der Waals surface area contributed by atoms with Crippen LogP contribution in [0.4, 0.5) is 0 Å². The number of fused-ring (bicyclic) bond motifs is 10. The number of aliphatic hydroxyl groups is 1. The third-order valence-corrected chi connectivity index (χ3v) is 17.8. The summed E-state index contributed by atoms with van der Waals surface area (Å²) in [5, 5.41) is 11.4. The van der Waals surface area contributed by atoms with Crippen molar-refractivity contribution in [3.8, 4) is 0 Å². The van der Waals surface area contributed by atoms with Crippen LogP contribution in [0.3, 0.4) is 0 Å². The number of ether oxygens (including phenoxy) is 11. The van der Waals surface area contributed by atoms with E-state index in [1.54, 1.807) is 6.08 Å². The van der Waals surface area contributed by atoms with Gasteiger partial charge in [0, 0.05) is 57.4 Å². The number of rotatable bonds is 2. The number of esters is 1. The highest BCUT2D eigenvalue weighted by Gasteiger charge is 2.64. The molecule has 23 unspecified atom stereocenters. The fourth-order valence-corrected chi connectivity index (χ4v) is 14.1. The second-order valence-electron chi connectivity index (χ2n) is 22.6. The van der Waals surface area contributed by atoms with Gasteiger partial charge in [0.05, 0.1) is 108 Å². The van der Waals surface area contributed by atoms with Crippen molar-refractivity contribution in [3.05, 3.63) is 23.8 Å². The minimum atomic E-state index is -0.835. The first-order valence-corrected chi connectivity index (χ1v) is 24.6. The molecule has 350 valence electrons. The van der Waals surface area contributed by atoms with Gasteiger partial charge in [-0.25, -0.2) is 4.79 Å². The monoisotopic (exact) mass is 898 g/mol. The van der Waals surface area contributed by atoms with Crippen LogP contribution < -0.4 is 0 Å². The van der Waals surface area contributed by atoms with Crippen LogP contribution in [0.5, 0.6) is 0 Å². The Labute approximate surface area is 377 Å². The zero-order valence-electron chi connectivity index (χ0n) is 38.4. The molecule has 13 nitrogen and oxygen atoms in total. The van der Waals surface area contributed by atoms with Crippen LogP contribution in [-0.4, -0.2) is 148 Å². The minimum Gasteiger partial charge on any atom is -0.456 e. The lowest BCUT2D eigenvalue weighted by molar-refractivity contribution is -0.356. The molecule has 0 bridgehead atoms. The highest BCUT2D eigenvalue weighted by molar-refractivity contribution is 7.80.